The minimum absolute atomic E-state index is 0.0359. The number of nitrogens with zero attached hydrogens (tertiary/aromatic N) is 3. The molecule has 0 saturated carbocycles. The Balaban J connectivity index is 2.00. The molecule has 1 aliphatic rings. The molecule has 0 unspecified atom stereocenters. The summed E-state index contributed by atoms with van der Waals surface area (Å²) in [5.41, 5.74) is 0.464. The lowest BCUT2D eigenvalue weighted by atomic mass is 10.1. The Labute approximate surface area is 174 Å². The first kappa shape index (κ1) is 21.2. The number of halogens is 2. The van der Waals surface area contributed by atoms with Crippen LogP contribution in [0.4, 0.5) is 0 Å². The molecule has 4 atom stereocenters. The Morgan fingerprint density at radius 1 is 1.00 bits per heavy atom. The molecule has 1 N–H and O–H groups in total. The topological polar surface area (TPSA) is 143 Å². The third-order valence-electron chi connectivity index (χ3n) is 3.93. The van der Waals surface area contributed by atoms with Crippen LogP contribution in [0.3, 0.4) is 0 Å². The number of carbonyl (C=O) groups excluding carboxylic acids is 3. The number of esters is 3. The van der Waals surface area contributed by atoms with Gasteiger partial charge in [0.15, 0.2) is 29.1 Å². The van der Waals surface area contributed by atoms with Crippen molar-refractivity contribution < 1.29 is 33.3 Å². The lowest BCUT2D eigenvalue weighted by molar-refractivity contribution is -0.165. The summed E-state index contributed by atoms with van der Waals surface area (Å²) in [7, 11) is 0. The molecule has 2 aromatic rings. The van der Waals surface area contributed by atoms with Crippen molar-refractivity contribution in [3.05, 3.63) is 16.3 Å². The van der Waals surface area contributed by atoms with E-state index in [-0.39, 0.29) is 28.5 Å². The van der Waals surface area contributed by atoms with E-state index in [1.807, 2.05) is 0 Å². The maximum Gasteiger partial charge on any atom is 0.303 e. The molecule has 0 aliphatic carbocycles. The van der Waals surface area contributed by atoms with Gasteiger partial charge in [0.25, 0.3) is 0 Å². The zero-order valence-corrected chi connectivity index (χ0v) is 17.0. The second kappa shape index (κ2) is 8.47. The van der Waals surface area contributed by atoms with Crippen LogP contribution in [0, 0.1) is 0 Å². The second-order valence-corrected chi connectivity index (χ2v) is 6.85. The fourth-order valence-electron chi connectivity index (χ4n) is 2.93. The molecule has 156 valence electrons. The van der Waals surface area contributed by atoms with Crippen LogP contribution in [0.1, 0.15) is 32.7 Å². The Morgan fingerprint density at radius 3 is 2.28 bits per heavy atom. The van der Waals surface area contributed by atoms with Crippen LogP contribution in [-0.2, 0) is 33.3 Å². The highest BCUT2D eigenvalue weighted by atomic mass is 35.5. The van der Waals surface area contributed by atoms with Crippen molar-refractivity contribution in [2.75, 3.05) is 6.61 Å². The number of H-pyrrole nitrogens is 1. The van der Waals surface area contributed by atoms with E-state index < -0.39 is 42.3 Å². The van der Waals surface area contributed by atoms with Crippen LogP contribution >= 0.6 is 23.2 Å². The summed E-state index contributed by atoms with van der Waals surface area (Å²) in [6.45, 7) is 3.39. The van der Waals surface area contributed by atoms with Gasteiger partial charge in [-0.05, 0) is 11.6 Å². The van der Waals surface area contributed by atoms with E-state index in [0.29, 0.717) is 5.52 Å². The Hall–Kier alpha value is -2.50. The molecule has 13 heteroatoms. The number of ether oxygens (including phenoxy) is 4. The van der Waals surface area contributed by atoms with Gasteiger partial charge in [0.2, 0.25) is 5.28 Å². The molecule has 0 bridgehead atoms. The van der Waals surface area contributed by atoms with E-state index >= 15 is 0 Å². The van der Waals surface area contributed by atoms with Crippen LogP contribution in [0.25, 0.3) is 11.2 Å². The standard InChI is InChI=1S/C16H16Cl2N4O7/c1-5(23)26-4-8-10(27-6(2)24)11(28-7(3)25)12(29-8)15-19-9-13(17)20-16(18)22-14(9)21-15/h8,10-12H,4H2,1-3H3,(H,19,20,21,22)/t8-,10+,11-,12-/m1/s1. The highest BCUT2D eigenvalue weighted by Crippen LogP contribution is 2.37. The maximum atomic E-state index is 11.7. The summed E-state index contributed by atoms with van der Waals surface area (Å²) in [6.07, 6.45) is -4.01. The van der Waals surface area contributed by atoms with Crippen molar-refractivity contribution in [2.24, 2.45) is 0 Å². The fourth-order valence-corrected chi connectivity index (χ4v) is 3.35. The zero-order chi connectivity index (χ0) is 21.3. The van der Waals surface area contributed by atoms with Crippen LogP contribution in [-0.4, -0.2) is 62.8 Å². The number of hydrogen-bond donors (Lipinski definition) is 1. The SMILES string of the molecule is CC(=O)OC[C@H]1O[C@@H](c2nc3nc(Cl)nc(Cl)c3[nH]2)[C@H](OC(C)=O)[C@H]1OC(C)=O. The highest BCUT2D eigenvalue weighted by Gasteiger charge is 2.51. The van der Waals surface area contributed by atoms with E-state index in [2.05, 4.69) is 19.9 Å². The van der Waals surface area contributed by atoms with Gasteiger partial charge in [-0.1, -0.05) is 11.6 Å². The van der Waals surface area contributed by atoms with Gasteiger partial charge in [0.1, 0.15) is 24.1 Å². The molecule has 3 heterocycles. The number of nitrogens with one attached hydrogen (secondary N) is 1. The Kier molecular flexibility index (Phi) is 6.20. The maximum absolute atomic E-state index is 11.7. The first-order valence-electron chi connectivity index (χ1n) is 8.37. The smallest absolute Gasteiger partial charge is 0.303 e. The molecular formula is C16H16Cl2N4O7. The van der Waals surface area contributed by atoms with Crippen molar-refractivity contribution >= 4 is 52.3 Å². The van der Waals surface area contributed by atoms with E-state index in [1.54, 1.807) is 0 Å². The molecule has 0 amide bonds. The van der Waals surface area contributed by atoms with Crippen molar-refractivity contribution in [1.29, 1.82) is 0 Å². The average Bonchev–Trinajstić information content (AvgIpc) is 3.15. The average molecular weight is 447 g/mol. The van der Waals surface area contributed by atoms with Gasteiger partial charge in [0, 0.05) is 20.8 Å². The normalized spacial score (nSPS) is 23.8. The molecule has 0 spiro atoms. The predicted molar refractivity (Wildman–Crippen MR) is 97.1 cm³/mol. The van der Waals surface area contributed by atoms with Gasteiger partial charge in [-0.25, -0.2) is 9.97 Å². The molecule has 3 rings (SSSR count). The van der Waals surface area contributed by atoms with Gasteiger partial charge in [0.05, 0.1) is 0 Å². The van der Waals surface area contributed by atoms with E-state index in [0.717, 1.165) is 0 Å². The summed E-state index contributed by atoms with van der Waals surface area (Å²) in [5.74, 6) is -1.63. The summed E-state index contributed by atoms with van der Waals surface area (Å²) < 4.78 is 21.5. The summed E-state index contributed by atoms with van der Waals surface area (Å²) in [5, 5.41) is -0.0660. The van der Waals surface area contributed by atoms with E-state index in [9.17, 15) is 14.4 Å². The number of hydrogen-bond acceptors (Lipinski definition) is 10. The first-order chi connectivity index (χ1) is 13.7. The molecule has 1 aliphatic heterocycles. The van der Waals surface area contributed by atoms with Crippen LogP contribution < -0.4 is 0 Å². The van der Waals surface area contributed by atoms with E-state index in [1.165, 1.54) is 20.8 Å². The first-order valence-corrected chi connectivity index (χ1v) is 9.13. The number of aromatic amines is 1. The van der Waals surface area contributed by atoms with Gasteiger partial charge < -0.3 is 23.9 Å². The summed E-state index contributed by atoms with van der Waals surface area (Å²) in [6, 6.07) is 0. The number of carbonyl (C=O) groups is 3. The van der Waals surface area contributed by atoms with Crippen molar-refractivity contribution in [3.8, 4) is 0 Å². The predicted octanol–water partition coefficient (Wildman–Crippen LogP) is 1.53. The molecule has 11 nitrogen and oxygen atoms in total. The minimum atomic E-state index is -1.07. The minimum Gasteiger partial charge on any atom is -0.463 e. The Bertz CT molecular complexity index is 966. The summed E-state index contributed by atoms with van der Waals surface area (Å²) in [4.78, 5) is 49.4. The van der Waals surface area contributed by atoms with Crippen LogP contribution in [0.5, 0.6) is 0 Å². The van der Waals surface area contributed by atoms with Gasteiger partial charge >= 0.3 is 17.9 Å². The van der Waals surface area contributed by atoms with Crippen molar-refractivity contribution in [1.82, 2.24) is 19.9 Å². The second-order valence-electron chi connectivity index (χ2n) is 6.15. The van der Waals surface area contributed by atoms with Gasteiger partial charge in [-0.15, -0.1) is 0 Å². The molecule has 29 heavy (non-hydrogen) atoms. The number of rotatable bonds is 5. The molecule has 2 aromatic heterocycles. The van der Waals surface area contributed by atoms with E-state index in [4.69, 9.17) is 42.1 Å². The number of aromatic nitrogens is 4. The molecule has 0 aromatic carbocycles. The summed E-state index contributed by atoms with van der Waals surface area (Å²) >= 11 is 11.9. The third-order valence-corrected chi connectivity index (χ3v) is 4.37. The highest BCUT2D eigenvalue weighted by molar-refractivity contribution is 6.35. The zero-order valence-electron chi connectivity index (χ0n) is 15.5. The number of fused-ring (bicyclic) bond motifs is 1. The molecule has 0 radical (unpaired) electrons. The van der Waals surface area contributed by atoms with Gasteiger partial charge in [-0.3, -0.25) is 14.4 Å². The monoisotopic (exact) mass is 446 g/mol. The lowest BCUT2D eigenvalue weighted by Gasteiger charge is -2.22. The fraction of sp³-hybridized carbons (Fsp3) is 0.500. The largest absolute Gasteiger partial charge is 0.463 e. The van der Waals surface area contributed by atoms with Gasteiger partial charge in [-0.2, -0.15) is 4.98 Å². The Morgan fingerprint density at radius 2 is 1.66 bits per heavy atom. The quantitative estimate of drug-likeness (QED) is 0.310. The van der Waals surface area contributed by atoms with Crippen molar-refractivity contribution in [2.45, 2.75) is 45.2 Å². The molecule has 1 saturated heterocycles. The van der Waals surface area contributed by atoms with Crippen LogP contribution in [0.2, 0.25) is 10.4 Å². The third kappa shape index (κ3) is 4.74. The van der Waals surface area contributed by atoms with Crippen LogP contribution in [0.15, 0.2) is 0 Å². The lowest BCUT2D eigenvalue weighted by Crippen LogP contribution is -2.40. The number of imidazole rings is 1. The molecule has 1 fully saturated rings. The molecular weight excluding hydrogens is 431 g/mol. The van der Waals surface area contributed by atoms with Crippen molar-refractivity contribution in [3.63, 3.8) is 0 Å².